The number of hydrogen-bond donors (Lipinski definition) is 0. The summed E-state index contributed by atoms with van der Waals surface area (Å²) in [5.41, 5.74) is 0. The summed E-state index contributed by atoms with van der Waals surface area (Å²) in [5, 5.41) is 2.20. The average molecular weight is 315 g/mol. The zero-order chi connectivity index (χ0) is 9.10. The SMILES string of the molecule is CCC[CH2][Sn][c]1cc2sccc2s1. The van der Waals surface area contributed by atoms with Gasteiger partial charge < -0.3 is 0 Å². The zero-order valence-electron chi connectivity index (χ0n) is 7.67. The first-order valence-corrected chi connectivity index (χ1v) is 9.75. The third-order valence-electron chi connectivity index (χ3n) is 1.97. The normalized spacial score (nSPS) is 11.2. The van der Waals surface area contributed by atoms with E-state index in [-0.39, 0.29) is 21.1 Å². The minimum atomic E-state index is -0.197. The summed E-state index contributed by atoms with van der Waals surface area (Å²) in [6.07, 6.45) is 2.80. The van der Waals surface area contributed by atoms with Crippen molar-refractivity contribution < 1.29 is 0 Å². The molecule has 2 aromatic heterocycles. The maximum absolute atomic E-state index is 2.44. The van der Waals surface area contributed by atoms with Gasteiger partial charge >= 0.3 is 97.8 Å². The van der Waals surface area contributed by atoms with Gasteiger partial charge in [0.1, 0.15) is 0 Å². The van der Waals surface area contributed by atoms with Gasteiger partial charge in [-0.2, -0.15) is 0 Å². The monoisotopic (exact) mass is 316 g/mol. The average Bonchev–Trinajstić information content (AvgIpc) is 2.64. The third-order valence-corrected chi connectivity index (χ3v) is 8.85. The van der Waals surface area contributed by atoms with Crippen LogP contribution in [0.3, 0.4) is 0 Å². The van der Waals surface area contributed by atoms with Gasteiger partial charge in [0.15, 0.2) is 0 Å². The van der Waals surface area contributed by atoms with Crippen LogP contribution in [-0.4, -0.2) is 21.1 Å². The van der Waals surface area contributed by atoms with E-state index in [0.29, 0.717) is 0 Å². The molecule has 0 amide bonds. The van der Waals surface area contributed by atoms with Gasteiger partial charge in [-0.1, -0.05) is 0 Å². The van der Waals surface area contributed by atoms with Crippen molar-refractivity contribution in [3.05, 3.63) is 17.5 Å². The molecule has 0 aliphatic rings. The Hall–Kier alpha value is 0.459. The molecule has 0 N–H and O–H groups in total. The van der Waals surface area contributed by atoms with Crippen LogP contribution >= 0.6 is 22.7 Å². The first-order chi connectivity index (χ1) is 6.40. The van der Waals surface area contributed by atoms with Crippen molar-refractivity contribution >= 4 is 56.1 Å². The van der Waals surface area contributed by atoms with E-state index in [1.54, 1.807) is 2.89 Å². The van der Waals surface area contributed by atoms with Gasteiger partial charge in [-0.05, 0) is 0 Å². The quantitative estimate of drug-likeness (QED) is 0.598. The van der Waals surface area contributed by atoms with E-state index in [1.807, 2.05) is 22.7 Å². The van der Waals surface area contributed by atoms with Crippen molar-refractivity contribution in [2.75, 3.05) is 0 Å². The van der Waals surface area contributed by atoms with Crippen molar-refractivity contribution in [3.63, 3.8) is 0 Å². The van der Waals surface area contributed by atoms with Crippen LogP contribution in [0.2, 0.25) is 4.44 Å². The van der Waals surface area contributed by atoms with E-state index in [9.17, 15) is 0 Å². The van der Waals surface area contributed by atoms with Gasteiger partial charge in [0.2, 0.25) is 0 Å². The zero-order valence-corrected chi connectivity index (χ0v) is 12.2. The van der Waals surface area contributed by atoms with Gasteiger partial charge in [0.05, 0.1) is 0 Å². The molecule has 2 aromatic rings. The van der Waals surface area contributed by atoms with E-state index in [2.05, 4.69) is 24.4 Å². The molecule has 2 rings (SSSR count). The van der Waals surface area contributed by atoms with Crippen LogP contribution in [0.1, 0.15) is 19.8 Å². The van der Waals surface area contributed by atoms with Crippen LogP contribution in [0, 0.1) is 0 Å². The fourth-order valence-corrected chi connectivity index (χ4v) is 8.64. The fourth-order valence-electron chi connectivity index (χ4n) is 1.24. The molecule has 0 saturated heterocycles. The number of unbranched alkanes of at least 4 members (excludes halogenated alkanes) is 1. The molecule has 0 saturated carbocycles. The molecule has 0 spiro atoms. The second-order valence-electron chi connectivity index (χ2n) is 3.04. The topological polar surface area (TPSA) is 0 Å². The Morgan fingerprint density at radius 2 is 2.31 bits per heavy atom. The molecule has 0 nitrogen and oxygen atoms in total. The minimum absolute atomic E-state index is 0.197. The molecule has 0 aliphatic carbocycles. The first kappa shape index (κ1) is 9.99. The van der Waals surface area contributed by atoms with Gasteiger partial charge in [-0.15, -0.1) is 0 Å². The third kappa shape index (κ3) is 2.48. The Morgan fingerprint density at radius 1 is 1.38 bits per heavy atom. The van der Waals surface area contributed by atoms with Gasteiger partial charge in [0.25, 0.3) is 0 Å². The summed E-state index contributed by atoms with van der Waals surface area (Å²) in [6.45, 7) is 2.28. The summed E-state index contributed by atoms with van der Waals surface area (Å²) in [6, 6.07) is 4.69. The van der Waals surface area contributed by atoms with Crippen LogP contribution in [-0.2, 0) is 0 Å². The van der Waals surface area contributed by atoms with Crippen molar-refractivity contribution in [1.29, 1.82) is 0 Å². The van der Waals surface area contributed by atoms with E-state index in [1.165, 1.54) is 26.7 Å². The van der Waals surface area contributed by atoms with E-state index < -0.39 is 0 Å². The first-order valence-electron chi connectivity index (χ1n) is 4.61. The molecule has 2 radical (unpaired) electrons. The predicted molar refractivity (Wildman–Crippen MR) is 64.8 cm³/mol. The molecule has 0 fully saturated rings. The standard InChI is InChI=1S/C6H3S2.C4H9.Sn/c1-3-7-6-2-4-8-5(1)6;1-3-4-2;/h1-3H;1,3-4H2,2H3;. The van der Waals surface area contributed by atoms with Crippen molar-refractivity contribution in [2.24, 2.45) is 0 Å². The van der Waals surface area contributed by atoms with Crippen LogP contribution in [0.15, 0.2) is 17.5 Å². The number of rotatable bonds is 4. The Balaban J connectivity index is 2.03. The number of hydrogen-bond acceptors (Lipinski definition) is 2. The molecule has 2 heterocycles. The second-order valence-corrected chi connectivity index (χ2v) is 10.1. The number of thiophene rings is 2. The van der Waals surface area contributed by atoms with Gasteiger partial charge in [0, 0.05) is 0 Å². The van der Waals surface area contributed by atoms with Crippen LogP contribution < -0.4 is 2.89 Å². The van der Waals surface area contributed by atoms with E-state index in [0.717, 1.165) is 0 Å². The molecule has 68 valence electrons. The Bertz CT molecular complexity index is 346. The molecule has 0 bridgehead atoms. The Kier molecular flexibility index (Phi) is 3.69. The van der Waals surface area contributed by atoms with Crippen LogP contribution in [0.4, 0.5) is 0 Å². The molecule has 0 aliphatic heterocycles. The van der Waals surface area contributed by atoms with E-state index in [4.69, 9.17) is 0 Å². The molecule has 0 aromatic carbocycles. The van der Waals surface area contributed by atoms with Crippen LogP contribution in [0.25, 0.3) is 9.40 Å². The summed E-state index contributed by atoms with van der Waals surface area (Å²) < 4.78 is 6.28. The molecular formula is C10H12S2Sn. The van der Waals surface area contributed by atoms with Crippen LogP contribution in [0.5, 0.6) is 0 Å². The Morgan fingerprint density at radius 3 is 3.08 bits per heavy atom. The molecule has 0 atom stereocenters. The van der Waals surface area contributed by atoms with E-state index >= 15 is 0 Å². The summed E-state index contributed by atoms with van der Waals surface area (Å²) in [5.74, 6) is 0. The molecule has 0 unspecified atom stereocenters. The van der Waals surface area contributed by atoms with Crippen molar-refractivity contribution in [3.8, 4) is 0 Å². The summed E-state index contributed by atoms with van der Waals surface area (Å²) >= 11 is 3.73. The predicted octanol–water partition coefficient (Wildman–Crippen LogP) is 3.51. The van der Waals surface area contributed by atoms with Gasteiger partial charge in [-0.25, -0.2) is 0 Å². The fraction of sp³-hybridized carbons (Fsp3) is 0.400. The number of fused-ring (bicyclic) bond motifs is 1. The van der Waals surface area contributed by atoms with Gasteiger partial charge in [-0.3, -0.25) is 0 Å². The van der Waals surface area contributed by atoms with Crippen molar-refractivity contribution in [2.45, 2.75) is 24.2 Å². The molecule has 3 heteroatoms. The Labute approximate surface area is 97.2 Å². The molecule has 13 heavy (non-hydrogen) atoms. The van der Waals surface area contributed by atoms with Crippen molar-refractivity contribution in [1.82, 2.24) is 0 Å². The maximum atomic E-state index is 2.44. The second kappa shape index (κ2) is 4.80. The summed E-state index contributed by atoms with van der Waals surface area (Å²) in [7, 11) is 0. The molecular weight excluding hydrogens is 303 g/mol. The summed E-state index contributed by atoms with van der Waals surface area (Å²) in [4.78, 5) is 0.